The molecule has 0 fully saturated rings. The Kier molecular flexibility index (Phi) is 15.5. The number of aryl methyl sites for hydroxylation is 2. The van der Waals surface area contributed by atoms with Gasteiger partial charge in [0.2, 0.25) is 0 Å². The number of hydrogen-bond acceptors (Lipinski definition) is 12. The molecule has 6 N–H and O–H groups in total. The third-order valence-corrected chi connectivity index (χ3v) is 9.46. The second-order valence-electron chi connectivity index (χ2n) is 14.6. The van der Waals surface area contributed by atoms with E-state index < -0.39 is 70.4 Å². The number of nitrogens with zero attached hydrogens (tertiary/aromatic N) is 2. The number of benzene rings is 4. The first-order chi connectivity index (χ1) is 24.1. The Labute approximate surface area is 358 Å². The molecule has 4 rings (SSSR count). The molecule has 4 aromatic rings. The normalized spacial score (nSPS) is 13.1. The molecule has 0 amide bonds. The molecule has 14 heteroatoms. The van der Waals surface area contributed by atoms with Crippen molar-refractivity contribution in [2.24, 2.45) is 21.8 Å². The molecule has 0 saturated heterocycles. The van der Waals surface area contributed by atoms with Gasteiger partial charge in [-0.15, -0.1) is 0 Å². The largest absolute Gasteiger partial charge is 1.00 e. The van der Waals surface area contributed by atoms with E-state index >= 15 is 0 Å². The minimum atomic E-state index is -1.45. The molecule has 0 bridgehead atoms. The summed E-state index contributed by atoms with van der Waals surface area (Å²) in [5.74, 6) is -7.67. The number of aliphatic imine (C=N–C) groups is 2. The second-order valence-corrected chi connectivity index (χ2v) is 14.6. The number of phenols is 6. The van der Waals surface area contributed by atoms with Gasteiger partial charge in [-0.05, 0) is 59.4 Å². The summed E-state index contributed by atoms with van der Waals surface area (Å²) in [4.78, 5) is 32.0. The number of carboxylic acid groups (broad SMARTS) is 2. The number of carbonyl (C=O) groups excluding carboxylic acids is 2. The summed E-state index contributed by atoms with van der Waals surface area (Å²) in [6.45, 7) is 17.0. The number of fused-ring (bicyclic) bond motifs is 2. The number of carboxylic acids is 2. The molecule has 0 heterocycles. The van der Waals surface area contributed by atoms with E-state index in [0.717, 1.165) is 12.4 Å². The van der Waals surface area contributed by atoms with E-state index in [0.29, 0.717) is 33.0 Å². The SMILES string of the molecule is Cc1cc2c(C(C)C)c(O)c(O)c(C=N[C@H](C(=O)[O-])C(C)C)c2c(O)c1-c1c(C)cc2c(C(C)C)c(O)c(O)c(C=N[C@@H](C(=O)[O-])C(C)C)c2c1O.[Na+].[Na+]. The Morgan fingerprint density at radius 3 is 1.09 bits per heavy atom. The van der Waals surface area contributed by atoms with Gasteiger partial charge in [-0.1, -0.05) is 67.5 Å². The van der Waals surface area contributed by atoms with Crippen LogP contribution in [0.15, 0.2) is 22.1 Å². The third-order valence-electron chi connectivity index (χ3n) is 9.46. The monoisotopic (exact) mass is 760 g/mol. The molecule has 0 aliphatic heterocycles. The van der Waals surface area contributed by atoms with Crippen LogP contribution >= 0.6 is 0 Å². The maximum Gasteiger partial charge on any atom is 1.00 e. The van der Waals surface area contributed by atoms with Crippen molar-refractivity contribution in [2.45, 2.75) is 93.2 Å². The van der Waals surface area contributed by atoms with Gasteiger partial charge >= 0.3 is 59.1 Å². The van der Waals surface area contributed by atoms with Gasteiger partial charge in [-0.2, -0.15) is 0 Å². The van der Waals surface area contributed by atoms with Gasteiger partial charge in [-0.25, -0.2) is 0 Å². The van der Waals surface area contributed by atoms with Crippen molar-refractivity contribution in [3.05, 3.63) is 45.5 Å². The van der Waals surface area contributed by atoms with Crippen molar-refractivity contribution in [1.29, 1.82) is 0 Å². The average Bonchev–Trinajstić information content (AvgIpc) is 3.01. The molecular weight excluding hydrogens is 714 g/mol. The van der Waals surface area contributed by atoms with Gasteiger partial charge in [0.05, 0.1) is 24.0 Å². The first-order valence-electron chi connectivity index (χ1n) is 17.1. The van der Waals surface area contributed by atoms with Gasteiger partial charge < -0.3 is 50.4 Å². The number of carbonyl (C=O) groups is 2. The van der Waals surface area contributed by atoms with Crippen LogP contribution in [-0.4, -0.2) is 67.1 Å². The van der Waals surface area contributed by atoms with Crippen LogP contribution in [-0.2, 0) is 9.59 Å². The van der Waals surface area contributed by atoms with Crippen molar-refractivity contribution in [3.8, 4) is 45.6 Å². The predicted molar refractivity (Wildman–Crippen MR) is 197 cm³/mol. The third kappa shape index (κ3) is 8.34. The zero-order valence-electron chi connectivity index (χ0n) is 33.0. The van der Waals surface area contributed by atoms with E-state index in [4.69, 9.17) is 0 Å². The van der Waals surface area contributed by atoms with Crippen molar-refractivity contribution in [1.82, 2.24) is 0 Å². The van der Waals surface area contributed by atoms with Crippen LogP contribution in [0, 0.1) is 25.7 Å². The van der Waals surface area contributed by atoms with Crippen LogP contribution in [0.1, 0.15) is 101 Å². The van der Waals surface area contributed by atoms with Gasteiger partial charge in [0.15, 0.2) is 23.0 Å². The van der Waals surface area contributed by atoms with Crippen LogP contribution in [0.25, 0.3) is 32.7 Å². The molecule has 0 spiro atoms. The van der Waals surface area contributed by atoms with Gasteiger partial charge in [0.25, 0.3) is 0 Å². The van der Waals surface area contributed by atoms with Crippen LogP contribution in [0.5, 0.6) is 34.5 Å². The van der Waals surface area contributed by atoms with Crippen molar-refractivity contribution in [2.75, 3.05) is 0 Å². The quantitative estimate of drug-likeness (QED) is 0.0631. The molecule has 4 aromatic carbocycles. The van der Waals surface area contributed by atoms with Crippen LogP contribution in [0.3, 0.4) is 0 Å². The Balaban J connectivity index is 0.00000504. The average molecular weight is 761 g/mol. The minimum Gasteiger partial charge on any atom is -0.548 e. The van der Waals surface area contributed by atoms with Gasteiger partial charge in [0.1, 0.15) is 11.5 Å². The summed E-state index contributed by atoms with van der Waals surface area (Å²) in [5.41, 5.74) is 1.37. The van der Waals surface area contributed by atoms with Crippen molar-refractivity contribution >= 4 is 45.9 Å². The molecule has 0 unspecified atom stereocenters. The summed E-state index contributed by atoms with van der Waals surface area (Å²) in [6.07, 6.45) is 2.14. The summed E-state index contributed by atoms with van der Waals surface area (Å²) in [5, 5.41) is 93.8. The number of aliphatic carboxylic acids is 2. The zero-order valence-corrected chi connectivity index (χ0v) is 37.0. The smallest absolute Gasteiger partial charge is 0.548 e. The fourth-order valence-electron chi connectivity index (χ4n) is 6.94. The number of hydrogen-bond donors (Lipinski definition) is 6. The van der Waals surface area contributed by atoms with E-state index in [1.54, 1.807) is 81.4 Å². The van der Waals surface area contributed by atoms with Gasteiger partial charge in [0, 0.05) is 56.6 Å². The molecule has 0 aliphatic rings. The molecule has 0 aromatic heterocycles. The molecule has 0 saturated carbocycles. The van der Waals surface area contributed by atoms with E-state index in [1.807, 2.05) is 0 Å². The number of aromatic hydroxyl groups is 6. The fraction of sp³-hybridized carbons (Fsp3) is 0.400. The molecule has 278 valence electrons. The van der Waals surface area contributed by atoms with Gasteiger partial charge in [-0.3, -0.25) is 9.98 Å². The Hall–Kier alpha value is -3.52. The first-order valence-corrected chi connectivity index (χ1v) is 17.1. The zero-order chi connectivity index (χ0) is 39.3. The topological polar surface area (TPSA) is 226 Å². The van der Waals surface area contributed by atoms with Crippen molar-refractivity contribution < 1.29 is 110 Å². The summed E-state index contributed by atoms with van der Waals surface area (Å²) < 4.78 is 0. The van der Waals surface area contributed by atoms with E-state index in [1.165, 1.54) is 0 Å². The van der Waals surface area contributed by atoms with Crippen LogP contribution in [0.2, 0.25) is 0 Å². The van der Waals surface area contributed by atoms with E-state index in [2.05, 4.69) is 9.98 Å². The Morgan fingerprint density at radius 1 is 0.556 bits per heavy atom. The maximum atomic E-state index is 12.2. The minimum absolute atomic E-state index is 0. The molecule has 0 radical (unpaired) electrons. The predicted octanol–water partition coefficient (Wildman–Crippen LogP) is -0.848. The second kappa shape index (κ2) is 18.0. The molecule has 0 aliphatic carbocycles. The standard InChI is InChI=1S/C40H48N2O10.2Na/c1-15(2)25-21-11-19(9)27(35(45)29(21)23(33(43)37(25)47)13-41-31(17(5)6)39(49)50)28-20(10)12-22-26(16(3)4)38(48)34(44)24(30(22)36(28)46)14-42-32(18(7)8)40(51)52;;/h11-18,31-32,43-48H,1-10H3,(H,49,50)(H,51,52);;/q;2*+1/p-2/t31-,32+;;. The summed E-state index contributed by atoms with van der Waals surface area (Å²) in [7, 11) is 0. The Morgan fingerprint density at radius 2 is 0.852 bits per heavy atom. The maximum absolute atomic E-state index is 12.2. The van der Waals surface area contributed by atoms with E-state index in [9.17, 15) is 50.4 Å². The van der Waals surface area contributed by atoms with Crippen LogP contribution < -0.4 is 69.3 Å². The molecule has 2 atom stereocenters. The van der Waals surface area contributed by atoms with Crippen LogP contribution in [0.4, 0.5) is 0 Å². The molecule has 54 heavy (non-hydrogen) atoms. The van der Waals surface area contributed by atoms with E-state index in [-0.39, 0.29) is 104 Å². The Bertz CT molecular complexity index is 2020. The number of phenolic OH excluding ortho intramolecular Hbond substituents is 6. The molecule has 12 nitrogen and oxygen atoms in total. The summed E-state index contributed by atoms with van der Waals surface area (Å²) >= 11 is 0. The first kappa shape index (κ1) is 46.6. The van der Waals surface area contributed by atoms with Crippen molar-refractivity contribution in [3.63, 3.8) is 0 Å². The number of rotatable bonds is 11. The molecular formula is C40H46N2Na2O10. The summed E-state index contributed by atoms with van der Waals surface area (Å²) in [6, 6.07) is 0.709. The fourth-order valence-corrected chi connectivity index (χ4v) is 6.94.